The summed E-state index contributed by atoms with van der Waals surface area (Å²) in [7, 11) is 1.62. The molecule has 1 saturated heterocycles. The quantitative estimate of drug-likeness (QED) is 0.842. The van der Waals surface area contributed by atoms with Gasteiger partial charge in [0.1, 0.15) is 5.01 Å². The lowest BCUT2D eigenvalue weighted by Gasteiger charge is -2.29. The number of hydrogen-bond donors (Lipinski definition) is 1. The molecule has 0 saturated carbocycles. The van der Waals surface area contributed by atoms with E-state index in [2.05, 4.69) is 17.2 Å². The van der Waals surface area contributed by atoms with Crippen LogP contribution in [0.5, 0.6) is 0 Å². The summed E-state index contributed by atoms with van der Waals surface area (Å²) in [5.74, 6) is 0.777. The summed E-state index contributed by atoms with van der Waals surface area (Å²) in [6, 6.07) is 0. The van der Waals surface area contributed by atoms with Crippen LogP contribution in [0, 0.1) is 11.8 Å². The van der Waals surface area contributed by atoms with Crippen LogP contribution in [0.1, 0.15) is 36.9 Å². The molecule has 0 radical (unpaired) electrons. The molecule has 1 aromatic heterocycles. The molecule has 2 heterocycles. The van der Waals surface area contributed by atoms with Crippen molar-refractivity contribution in [3.63, 3.8) is 0 Å². The molecule has 9 heteroatoms. The van der Waals surface area contributed by atoms with E-state index in [4.69, 9.17) is 0 Å². The van der Waals surface area contributed by atoms with Crippen molar-refractivity contribution >= 4 is 29.7 Å². The topological polar surface area (TPSA) is 45.2 Å². The third-order valence-corrected chi connectivity index (χ3v) is 5.16. The molecule has 1 atom stereocenters. The SMILES string of the molecule is CC(CC(=O)N(C)Cc1nc(C(F)(F)F)cs1)C1CCNCC1.Cl. The maximum atomic E-state index is 12.5. The molecule has 0 bridgehead atoms. The van der Waals surface area contributed by atoms with Gasteiger partial charge >= 0.3 is 6.18 Å². The molecule has 0 aliphatic carbocycles. The smallest absolute Gasteiger partial charge is 0.339 e. The second-order valence-corrected chi connectivity index (χ2v) is 7.09. The molecule has 1 N–H and O–H groups in total. The van der Waals surface area contributed by atoms with Crippen LogP contribution in [-0.4, -0.2) is 35.9 Å². The fraction of sp³-hybridized carbons (Fsp3) is 0.733. The van der Waals surface area contributed by atoms with Gasteiger partial charge in [0.2, 0.25) is 5.91 Å². The van der Waals surface area contributed by atoms with E-state index >= 15 is 0 Å². The summed E-state index contributed by atoms with van der Waals surface area (Å²) >= 11 is 0.936. The van der Waals surface area contributed by atoms with E-state index in [1.807, 2.05) is 0 Å². The summed E-state index contributed by atoms with van der Waals surface area (Å²) in [6.07, 6.45) is -1.86. The van der Waals surface area contributed by atoms with Crippen LogP contribution < -0.4 is 5.32 Å². The Morgan fingerprint density at radius 1 is 1.46 bits per heavy atom. The first-order chi connectivity index (χ1) is 10.8. The first kappa shape index (κ1) is 21.2. The molecular weight excluding hydrogens is 363 g/mol. The number of aromatic nitrogens is 1. The molecule has 138 valence electrons. The molecule has 2 rings (SSSR count). The predicted octanol–water partition coefficient (Wildman–Crippen LogP) is 3.57. The molecule has 1 amide bonds. The highest BCUT2D eigenvalue weighted by Crippen LogP contribution is 2.30. The zero-order valence-electron chi connectivity index (χ0n) is 13.7. The van der Waals surface area contributed by atoms with Crippen molar-refractivity contribution in [1.29, 1.82) is 0 Å². The average Bonchev–Trinajstić information content (AvgIpc) is 2.96. The number of hydrogen-bond acceptors (Lipinski definition) is 4. The second kappa shape index (κ2) is 9.01. The Labute approximate surface area is 150 Å². The van der Waals surface area contributed by atoms with E-state index in [1.165, 1.54) is 4.90 Å². The average molecular weight is 386 g/mol. The minimum absolute atomic E-state index is 0. The van der Waals surface area contributed by atoms with E-state index in [0.717, 1.165) is 42.6 Å². The zero-order valence-corrected chi connectivity index (χ0v) is 15.4. The minimum atomic E-state index is -4.43. The summed E-state index contributed by atoms with van der Waals surface area (Å²) < 4.78 is 37.6. The van der Waals surface area contributed by atoms with Crippen LogP contribution in [0.2, 0.25) is 0 Å². The summed E-state index contributed by atoms with van der Waals surface area (Å²) in [5, 5.41) is 4.60. The van der Waals surface area contributed by atoms with Crippen molar-refractivity contribution in [1.82, 2.24) is 15.2 Å². The molecule has 0 spiro atoms. The van der Waals surface area contributed by atoms with Gasteiger partial charge in [-0.3, -0.25) is 4.79 Å². The summed E-state index contributed by atoms with van der Waals surface area (Å²) in [4.78, 5) is 17.3. The lowest BCUT2D eigenvalue weighted by Crippen LogP contribution is -2.34. The standard InChI is InChI=1S/C15H22F3N3OS.ClH/c1-10(11-3-5-19-6-4-11)7-14(22)21(2)8-13-20-12(9-23-13)15(16,17)18;/h9-11,19H,3-8H2,1-2H3;1H. The minimum Gasteiger partial charge on any atom is -0.339 e. The maximum absolute atomic E-state index is 12.5. The zero-order chi connectivity index (χ0) is 17.0. The Morgan fingerprint density at radius 2 is 2.08 bits per heavy atom. The normalized spacial score (nSPS) is 17.2. The van der Waals surface area contributed by atoms with Gasteiger partial charge in [-0.05, 0) is 37.8 Å². The third-order valence-electron chi connectivity index (χ3n) is 4.33. The van der Waals surface area contributed by atoms with Crippen LogP contribution in [0.3, 0.4) is 0 Å². The largest absolute Gasteiger partial charge is 0.434 e. The van der Waals surface area contributed by atoms with Gasteiger partial charge in [-0.25, -0.2) is 4.98 Å². The number of carbonyl (C=O) groups is 1. The van der Waals surface area contributed by atoms with Crippen molar-refractivity contribution in [3.05, 3.63) is 16.1 Å². The van der Waals surface area contributed by atoms with Crippen LogP contribution >= 0.6 is 23.7 Å². The summed E-state index contributed by atoms with van der Waals surface area (Å²) in [5.41, 5.74) is -0.888. The van der Waals surface area contributed by atoms with Gasteiger partial charge < -0.3 is 10.2 Å². The second-order valence-electron chi connectivity index (χ2n) is 6.14. The monoisotopic (exact) mass is 385 g/mol. The molecular formula is C15H23ClF3N3OS. The fourth-order valence-electron chi connectivity index (χ4n) is 2.82. The van der Waals surface area contributed by atoms with Gasteiger partial charge in [0.05, 0.1) is 6.54 Å². The predicted molar refractivity (Wildman–Crippen MR) is 90.2 cm³/mol. The molecule has 1 aliphatic heterocycles. The molecule has 1 aliphatic rings. The maximum Gasteiger partial charge on any atom is 0.434 e. The number of nitrogens with one attached hydrogen (secondary N) is 1. The van der Waals surface area contributed by atoms with Crippen molar-refractivity contribution < 1.29 is 18.0 Å². The van der Waals surface area contributed by atoms with E-state index in [9.17, 15) is 18.0 Å². The van der Waals surface area contributed by atoms with Crippen LogP contribution in [-0.2, 0) is 17.5 Å². The highest BCUT2D eigenvalue weighted by molar-refractivity contribution is 7.09. The van der Waals surface area contributed by atoms with E-state index < -0.39 is 11.9 Å². The number of rotatable bonds is 5. The number of amides is 1. The van der Waals surface area contributed by atoms with E-state index in [0.29, 0.717) is 17.3 Å². The molecule has 1 unspecified atom stereocenters. The van der Waals surface area contributed by atoms with Crippen molar-refractivity contribution in [2.45, 2.75) is 38.9 Å². The molecule has 4 nitrogen and oxygen atoms in total. The number of alkyl halides is 3. The lowest BCUT2D eigenvalue weighted by atomic mass is 9.84. The number of piperidine rings is 1. The number of halogens is 4. The Bertz CT molecular complexity index is 532. The number of nitrogens with zero attached hydrogens (tertiary/aromatic N) is 2. The molecule has 1 fully saturated rings. The van der Waals surface area contributed by atoms with Gasteiger partial charge in [0.25, 0.3) is 0 Å². The molecule has 1 aromatic rings. The van der Waals surface area contributed by atoms with Crippen LogP contribution in [0.15, 0.2) is 5.38 Å². The van der Waals surface area contributed by atoms with Gasteiger partial charge in [-0.15, -0.1) is 23.7 Å². The van der Waals surface area contributed by atoms with Crippen molar-refractivity contribution in [2.24, 2.45) is 11.8 Å². The molecule has 24 heavy (non-hydrogen) atoms. The Kier molecular flexibility index (Phi) is 7.95. The Balaban J connectivity index is 0.00000288. The highest BCUT2D eigenvalue weighted by Gasteiger charge is 2.34. The van der Waals surface area contributed by atoms with Gasteiger partial charge in [0.15, 0.2) is 5.69 Å². The third kappa shape index (κ3) is 5.89. The van der Waals surface area contributed by atoms with Crippen molar-refractivity contribution in [3.8, 4) is 0 Å². The highest BCUT2D eigenvalue weighted by atomic mass is 35.5. The lowest BCUT2D eigenvalue weighted by molar-refractivity contribution is -0.140. The number of carbonyl (C=O) groups excluding carboxylic acids is 1. The van der Waals surface area contributed by atoms with Gasteiger partial charge in [-0.2, -0.15) is 13.2 Å². The Morgan fingerprint density at radius 3 is 2.62 bits per heavy atom. The Hall–Kier alpha value is -0.860. The fourth-order valence-corrected chi connectivity index (χ4v) is 3.67. The van der Waals surface area contributed by atoms with Crippen LogP contribution in [0.25, 0.3) is 0 Å². The number of thiazole rings is 1. The van der Waals surface area contributed by atoms with Gasteiger partial charge in [0, 0.05) is 18.8 Å². The van der Waals surface area contributed by atoms with Gasteiger partial charge in [-0.1, -0.05) is 6.92 Å². The first-order valence-electron chi connectivity index (χ1n) is 7.73. The molecule has 0 aromatic carbocycles. The van der Waals surface area contributed by atoms with E-state index in [1.54, 1.807) is 7.05 Å². The van der Waals surface area contributed by atoms with Crippen molar-refractivity contribution in [2.75, 3.05) is 20.1 Å². The first-order valence-corrected chi connectivity index (χ1v) is 8.61. The van der Waals surface area contributed by atoms with Crippen LogP contribution in [0.4, 0.5) is 13.2 Å². The summed E-state index contributed by atoms with van der Waals surface area (Å²) in [6.45, 7) is 4.17. The van der Waals surface area contributed by atoms with E-state index in [-0.39, 0.29) is 30.8 Å².